The number of hydrogen-bond donors (Lipinski definition) is 4. The quantitative estimate of drug-likeness (QED) is 0.400. The van der Waals surface area contributed by atoms with E-state index in [0.717, 1.165) is 0 Å². The number of carbonyl (C=O) groups excluding carboxylic acids is 1. The van der Waals surface area contributed by atoms with Crippen LogP contribution in [-0.2, 0) is 22.7 Å². The number of aromatic nitrogens is 3. The van der Waals surface area contributed by atoms with Crippen LogP contribution in [-0.4, -0.2) is 66.5 Å². The fraction of sp³-hybridized carbons (Fsp3) is 0.571. The summed E-state index contributed by atoms with van der Waals surface area (Å²) in [4.78, 5) is 11.8. The molecule has 1 aliphatic heterocycles. The van der Waals surface area contributed by atoms with Gasteiger partial charge in [-0.25, -0.2) is 4.68 Å². The molecule has 2 heterocycles. The maximum Gasteiger partial charge on any atom is 0.217 e. The molecule has 182 valence electrons. The molecular weight excluding hydrogens is 472 g/mol. The zero-order valence-corrected chi connectivity index (χ0v) is 20.2. The lowest BCUT2D eigenvalue weighted by Crippen LogP contribution is -2.62. The Morgan fingerprint density at radius 3 is 2.55 bits per heavy atom. The molecule has 1 aliphatic rings. The zero-order chi connectivity index (χ0) is 24.3. The summed E-state index contributed by atoms with van der Waals surface area (Å²) in [5, 5.41) is 38.3. The number of nitrogens with zero attached hydrogens (tertiary/aromatic N) is 3. The van der Waals surface area contributed by atoms with Gasteiger partial charge in [0.1, 0.15) is 36.7 Å². The van der Waals surface area contributed by atoms with Crippen LogP contribution in [0.3, 0.4) is 0 Å². The van der Waals surface area contributed by atoms with E-state index in [4.69, 9.17) is 33.3 Å². The van der Waals surface area contributed by atoms with E-state index in [2.05, 4.69) is 10.4 Å². The Bertz CT molecular complexity index is 1010. The van der Waals surface area contributed by atoms with Crippen molar-refractivity contribution in [2.24, 2.45) is 5.92 Å². The molecule has 5 atom stereocenters. The molecule has 0 spiro atoms. The number of hydrogen-bond acceptors (Lipinski definition) is 8. The van der Waals surface area contributed by atoms with Crippen LogP contribution in [0.5, 0.6) is 5.75 Å². The van der Waals surface area contributed by atoms with Crippen molar-refractivity contribution >= 4 is 29.7 Å². The summed E-state index contributed by atoms with van der Waals surface area (Å²) < 4.78 is 15.2. The number of halogens is 1. The molecule has 1 saturated heterocycles. The summed E-state index contributed by atoms with van der Waals surface area (Å²) in [7, 11) is 0. The van der Waals surface area contributed by atoms with Gasteiger partial charge in [0, 0.05) is 18.5 Å². The molecule has 1 aromatic carbocycles. The summed E-state index contributed by atoms with van der Waals surface area (Å²) in [6.07, 6.45) is -4.95. The minimum absolute atomic E-state index is 0.0944. The van der Waals surface area contributed by atoms with Crippen molar-refractivity contribution in [1.82, 2.24) is 19.7 Å². The second-order valence-corrected chi connectivity index (χ2v) is 9.15. The molecule has 1 fully saturated rings. The van der Waals surface area contributed by atoms with Crippen LogP contribution in [0.25, 0.3) is 0 Å². The van der Waals surface area contributed by atoms with E-state index in [1.165, 1.54) is 11.6 Å². The number of benzene rings is 1. The van der Waals surface area contributed by atoms with E-state index in [1.54, 1.807) is 28.8 Å². The number of amides is 1. The molecule has 0 bridgehead atoms. The van der Waals surface area contributed by atoms with Gasteiger partial charge in [-0.3, -0.25) is 4.79 Å². The third-order valence-electron chi connectivity index (χ3n) is 5.20. The normalized spacial score (nSPS) is 25.3. The van der Waals surface area contributed by atoms with Crippen molar-refractivity contribution in [1.29, 1.82) is 0 Å². The second-order valence-electron chi connectivity index (χ2n) is 8.35. The molecule has 33 heavy (non-hydrogen) atoms. The van der Waals surface area contributed by atoms with Gasteiger partial charge >= 0.3 is 0 Å². The highest BCUT2D eigenvalue weighted by Crippen LogP contribution is 2.29. The lowest BCUT2D eigenvalue weighted by molar-refractivity contribution is -0.219. The van der Waals surface area contributed by atoms with Gasteiger partial charge in [0.25, 0.3) is 0 Å². The van der Waals surface area contributed by atoms with E-state index in [1.807, 2.05) is 13.8 Å². The summed E-state index contributed by atoms with van der Waals surface area (Å²) in [5.41, 5.74) is 0. The Balaban J connectivity index is 1.98. The first-order valence-electron chi connectivity index (χ1n) is 10.6. The standard InChI is InChI=1S/C21H29ClN4O6S/c1-11(2)8-25-16(10-31-14-6-4-13(22)5-7-14)24-26(21(25)33)20-17(23-12(3)28)19(30)18(29)15(9-27)32-20/h4-7,11,15,17-20,27,29-30H,8-10H2,1-3H3,(H,23,28)/t15-,17-,18-,19-,20-/m1/s1. The van der Waals surface area contributed by atoms with Crippen molar-refractivity contribution in [2.45, 2.75) is 64.5 Å². The average Bonchev–Trinajstić information content (AvgIpc) is 3.06. The number of aliphatic hydroxyl groups excluding tert-OH is 3. The van der Waals surface area contributed by atoms with E-state index in [9.17, 15) is 20.1 Å². The Labute approximate surface area is 201 Å². The van der Waals surface area contributed by atoms with Gasteiger partial charge in [0.05, 0.1) is 6.61 Å². The number of nitrogens with one attached hydrogen (secondary N) is 1. The van der Waals surface area contributed by atoms with E-state index in [-0.39, 0.29) is 12.5 Å². The first-order valence-corrected chi connectivity index (χ1v) is 11.4. The topological polar surface area (TPSA) is 131 Å². The first kappa shape index (κ1) is 25.6. The number of aliphatic hydroxyl groups is 3. The van der Waals surface area contributed by atoms with Crippen LogP contribution in [0.15, 0.2) is 24.3 Å². The third-order valence-corrected chi connectivity index (χ3v) is 5.86. The molecule has 2 aromatic rings. The highest BCUT2D eigenvalue weighted by molar-refractivity contribution is 7.71. The van der Waals surface area contributed by atoms with Gasteiger partial charge < -0.3 is 34.7 Å². The van der Waals surface area contributed by atoms with Gasteiger partial charge in [0.15, 0.2) is 16.8 Å². The minimum atomic E-state index is -1.41. The molecule has 10 nitrogen and oxygen atoms in total. The number of ether oxygens (including phenoxy) is 2. The lowest BCUT2D eigenvalue weighted by atomic mass is 9.96. The maximum atomic E-state index is 11.8. The Hall–Kier alpha value is -2.02. The zero-order valence-electron chi connectivity index (χ0n) is 18.6. The smallest absolute Gasteiger partial charge is 0.217 e. The van der Waals surface area contributed by atoms with Gasteiger partial charge in [-0.05, 0) is 42.4 Å². The van der Waals surface area contributed by atoms with Crippen molar-refractivity contribution in [3.05, 3.63) is 39.9 Å². The summed E-state index contributed by atoms with van der Waals surface area (Å²) in [6, 6.07) is 5.86. The van der Waals surface area contributed by atoms with Gasteiger partial charge in [0.2, 0.25) is 5.91 Å². The van der Waals surface area contributed by atoms with Gasteiger partial charge in [-0.2, -0.15) is 5.10 Å². The Morgan fingerprint density at radius 1 is 1.30 bits per heavy atom. The van der Waals surface area contributed by atoms with E-state index >= 15 is 0 Å². The largest absolute Gasteiger partial charge is 0.486 e. The monoisotopic (exact) mass is 500 g/mol. The fourth-order valence-electron chi connectivity index (χ4n) is 3.65. The van der Waals surface area contributed by atoms with Crippen LogP contribution in [0.2, 0.25) is 5.02 Å². The molecule has 0 unspecified atom stereocenters. The van der Waals surface area contributed by atoms with Gasteiger partial charge in [-0.1, -0.05) is 25.4 Å². The van der Waals surface area contributed by atoms with Crippen LogP contribution in [0, 0.1) is 10.7 Å². The van der Waals surface area contributed by atoms with Crippen LogP contribution in [0.4, 0.5) is 0 Å². The summed E-state index contributed by atoms with van der Waals surface area (Å²) in [6.45, 7) is 5.45. The predicted octanol–water partition coefficient (Wildman–Crippen LogP) is 1.42. The van der Waals surface area contributed by atoms with Crippen molar-refractivity contribution in [2.75, 3.05) is 6.61 Å². The minimum Gasteiger partial charge on any atom is -0.486 e. The molecular formula is C21H29ClN4O6S. The van der Waals surface area contributed by atoms with Crippen molar-refractivity contribution in [3.8, 4) is 5.75 Å². The van der Waals surface area contributed by atoms with Gasteiger partial charge in [-0.15, -0.1) is 0 Å². The molecule has 0 radical (unpaired) electrons. The molecule has 3 rings (SSSR count). The molecule has 12 heteroatoms. The average molecular weight is 501 g/mol. The lowest BCUT2D eigenvalue weighted by Gasteiger charge is -2.42. The second kappa shape index (κ2) is 10.9. The molecule has 4 N–H and O–H groups in total. The van der Waals surface area contributed by atoms with E-state index < -0.39 is 43.1 Å². The highest BCUT2D eigenvalue weighted by atomic mass is 35.5. The number of rotatable bonds is 8. The fourth-order valence-corrected chi connectivity index (χ4v) is 4.10. The van der Waals surface area contributed by atoms with E-state index in [0.29, 0.717) is 27.9 Å². The Kier molecular flexibility index (Phi) is 8.48. The predicted molar refractivity (Wildman–Crippen MR) is 122 cm³/mol. The first-order chi connectivity index (χ1) is 15.6. The van der Waals surface area contributed by atoms with Crippen molar-refractivity contribution in [3.63, 3.8) is 0 Å². The SMILES string of the molecule is CC(=O)N[C@@H]1[C@@H](O)[C@H](O)[C@@H](CO)O[C@H]1n1nc(COc2ccc(Cl)cc2)n(CC(C)C)c1=S. The highest BCUT2D eigenvalue weighted by Gasteiger charge is 2.46. The van der Waals surface area contributed by atoms with Crippen LogP contribution in [0.1, 0.15) is 32.8 Å². The van der Waals surface area contributed by atoms with Crippen molar-refractivity contribution < 1.29 is 29.6 Å². The third kappa shape index (κ3) is 5.92. The maximum absolute atomic E-state index is 11.8. The molecule has 0 aliphatic carbocycles. The Morgan fingerprint density at radius 2 is 1.97 bits per heavy atom. The summed E-state index contributed by atoms with van der Waals surface area (Å²) >= 11 is 11.6. The van der Waals surface area contributed by atoms with Crippen LogP contribution >= 0.6 is 23.8 Å². The molecule has 0 saturated carbocycles. The number of carbonyl (C=O) groups is 1. The summed E-state index contributed by atoms with van der Waals surface area (Å²) in [5.74, 6) is 0.913. The molecule has 1 amide bonds. The molecule has 1 aromatic heterocycles. The van der Waals surface area contributed by atoms with Crippen LogP contribution < -0.4 is 10.1 Å².